The summed E-state index contributed by atoms with van der Waals surface area (Å²) in [5.41, 5.74) is 1.62. The number of fused-ring (bicyclic) bond motifs is 5. The number of carbonyl (C=O) groups is 6. The van der Waals surface area contributed by atoms with E-state index in [0.717, 1.165) is 59.0 Å². The van der Waals surface area contributed by atoms with E-state index in [-0.39, 0.29) is 44.0 Å². The first-order valence-electron chi connectivity index (χ1n) is 41.5. The summed E-state index contributed by atoms with van der Waals surface area (Å²) < 4.78 is 37.5. The number of aliphatic hydroxyl groups excluding tert-OH is 3. The number of rotatable bonds is 33. The number of hydrogen-bond donors (Lipinski definition) is 5. The Morgan fingerprint density at radius 1 is 0.519 bits per heavy atom. The molecule has 11 aromatic rings. The highest BCUT2D eigenvalue weighted by Gasteiger charge is 2.78. The van der Waals surface area contributed by atoms with Gasteiger partial charge in [-0.15, -0.1) is 0 Å². The number of benzene rings is 8. The molecular formula is C99H98N4O16S10. The molecule has 129 heavy (non-hydrogen) atoms. The summed E-state index contributed by atoms with van der Waals surface area (Å²) in [6.07, 6.45) is -3.96. The zero-order valence-corrected chi connectivity index (χ0v) is 79.6. The Morgan fingerprint density at radius 3 is 1.40 bits per heavy atom. The van der Waals surface area contributed by atoms with E-state index in [2.05, 4.69) is 80.9 Å². The van der Waals surface area contributed by atoms with Gasteiger partial charge in [0.25, 0.3) is 5.91 Å². The molecule has 30 heteroatoms. The number of carbonyl (C=O) groups excluding carboxylic acids is 6. The fourth-order valence-electron chi connectivity index (χ4n) is 16.2. The number of nitrogens with one attached hydrogen (secondary N) is 1. The maximum Gasteiger partial charge on any atom is 0.508 e. The van der Waals surface area contributed by atoms with Crippen molar-refractivity contribution in [2.24, 2.45) is 22.7 Å². The minimum Gasteiger partial charge on any atom is -0.456 e. The third-order valence-corrected chi connectivity index (χ3v) is 34.2. The van der Waals surface area contributed by atoms with Crippen molar-refractivity contribution in [2.45, 2.75) is 175 Å². The first kappa shape index (κ1) is 97.6. The Labute approximate surface area is 791 Å². The lowest BCUT2D eigenvalue weighted by atomic mass is 9.43. The summed E-state index contributed by atoms with van der Waals surface area (Å²) in [5, 5.41) is 49.9. The van der Waals surface area contributed by atoms with E-state index in [9.17, 15) is 34.2 Å². The number of esters is 3. The smallest absolute Gasteiger partial charge is 0.456 e. The van der Waals surface area contributed by atoms with Crippen LogP contribution in [0.15, 0.2) is 326 Å². The summed E-state index contributed by atoms with van der Waals surface area (Å²) in [6, 6.07) is 82.1. The van der Waals surface area contributed by atoms with Crippen molar-refractivity contribution >= 4 is 144 Å². The second-order valence-electron chi connectivity index (χ2n) is 31.6. The second-order valence-corrected chi connectivity index (χ2v) is 43.2. The van der Waals surface area contributed by atoms with Gasteiger partial charge in [0.2, 0.25) is 0 Å². The van der Waals surface area contributed by atoms with Gasteiger partial charge >= 0.3 is 24.1 Å². The van der Waals surface area contributed by atoms with Crippen molar-refractivity contribution in [3.05, 3.63) is 352 Å². The molecule has 1 amide bonds. The summed E-state index contributed by atoms with van der Waals surface area (Å²) in [6.45, 7) is 9.21. The minimum absolute atomic E-state index is 0.0880. The van der Waals surface area contributed by atoms with E-state index < -0.39 is 113 Å². The number of ketones is 1. The average molecular weight is 1920 g/mol. The monoisotopic (exact) mass is 1920 g/mol. The van der Waals surface area contributed by atoms with Crippen LogP contribution in [-0.2, 0) is 85.6 Å². The fourth-order valence-corrected chi connectivity index (χ4v) is 26.2. The molecule has 670 valence electrons. The van der Waals surface area contributed by atoms with Crippen LogP contribution < -0.4 is 5.32 Å². The Balaban J connectivity index is 0.000000273. The number of pyridine rings is 3. The summed E-state index contributed by atoms with van der Waals surface area (Å²) in [7, 11) is 17.1. The third kappa shape index (κ3) is 25.3. The van der Waals surface area contributed by atoms with Crippen LogP contribution in [-0.4, -0.2) is 119 Å². The first-order valence-corrected chi connectivity index (χ1v) is 52.9. The van der Waals surface area contributed by atoms with E-state index in [1.165, 1.54) is 46.2 Å². The lowest BCUT2D eigenvalue weighted by Crippen LogP contribution is -2.81. The highest BCUT2D eigenvalue weighted by molar-refractivity contribution is 8.77. The van der Waals surface area contributed by atoms with E-state index in [0.29, 0.717) is 22.3 Å². The van der Waals surface area contributed by atoms with Gasteiger partial charge in [-0.25, -0.2) is 29.3 Å². The molecule has 1 saturated heterocycles. The Hall–Kier alpha value is -8.93. The van der Waals surface area contributed by atoms with E-state index >= 15 is 4.79 Å². The van der Waals surface area contributed by atoms with Gasteiger partial charge in [0, 0.05) is 93.0 Å². The van der Waals surface area contributed by atoms with Gasteiger partial charge in [-0.1, -0.05) is 266 Å². The lowest BCUT2D eigenvalue weighted by Gasteiger charge is -2.67. The number of aliphatic hydroxyl groups is 4. The molecule has 20 nitrogen and oxygen atoms in total. The molecule has 0 spiro atoms. The molecule has 5 N–H and O–H groups in total. The molecule has 3 aromatic heterocycles. The van der Waals surface area contributed by atoms with Gasteiger partial charge in [-0.3, -0.25) is 14.4 Å². The van der Waals surface area contributed by atoms with Gasteiger partial charge in [0.15, 0.2) is 11.7 Å². The predicted molar refractivity (Wildman–Crippen MR) is 517 cm³/mol. The minimum atomic E-state index is -2.31. The third-order valence-electron chi connectivity index (χ3n) is 22.9. The predicted octanol–water partition coefficient (Wildman–Crippen LogP) is 21.9. The van der Waals surface area contributed by atoms with Crippen molar-refractivity contribution in [3.8, 4) is 0 Å². The molecule has 0 radical (unpaired) electrons. The molecule has 3 fully saturated rings. The largest absolute Gasteiger partial charge is 0.508 e. The van der Waals surface area contributed by atoms with Gasteiger partial charge in [-0.05, 0) is 199 Å². The fraction of sp³-hybridized carbons (Fsp3) is 0.283. The highest BCUT2D eigenvalue weighted by atomic mass is 33.1. The number of hydrogen-bond acceptors (Lipinski definition) is 29. The number of nitrogens with zero attached hydrogens (tertiary/aromatic N) is 3. The molecule has 1 unspecified atom stereocenters. The molecule has 15 rings (SSSR count). The molecule has 1 aliphatic heterocycles. The zero-order chi connectivity index (χ0) is 90.9. The summed E-state index contributed by atoms with van der Waals surface area (Å²) >= 11 is 0. The lowest BCUT2D eigenvalue weighted by molar-refractivity contribution is -0.345. The second kappa shape index (κ2) is 46.9. The molecule has 11 atom stereocenters. The van der Waals surface area contributed by atoms with E-state index in [1.54, 1.807) is 212 Å². The Morgan fingerprint density at radius 2 is 0.953 bits per heavy atom. The summed E-state index contributed by atoms with van der Waals surface area (Å²) in [5.74, 6) is -2.97. The topological polar surface area (TPSA) is 289 Å². The van der Waals surface area contributed by atoms with Crippen molar-refractivity contribution in [1.29, 1.82) is 0 Å². The molecule has 3 aliphatic carbocycles. The quantitative estimate of drug-likeness (QED) is 0.0111. The van der Waals surface area contributed by atoms with Gasteiger partial charge < -0.3 is 54.2 Å². The van der Waals surface area contributed by atoms with E-state index in [1.807, 2.05) is 143 Å². The van der Waals surface area contributed by atoms with Gasteiger partial charge in [0.1, 0.15) is 57.5 Å². The average Bonchev–Trinajstić information content (AvgIpc) is 0.666. The number of amides is 1. The van der Waals surface area contributed by atoms with Crippen LogP contribution >= 0.6 is 108 Å². The molecule has 4 heterocycles. The van der Waals surface area contributed by atoms with Crippen LogP contribution in [0.5, 0.6) is 0 Å². The van der Waals surface area contributed by atoms with Gasteiger partial charge in [-0.2, -0.15) is 0 Å². The number of aromatic nitrogens is 3. The molecule has 8 aromatic carbocycles. The van der Waals surface area contributed by atoms with Crippen LogP contribution in [0.4, 0.5) is 4.79 Å². The maximum absolute atomic E-state index is 16.2. The normalized spacial score (nSPS) is 21.0. The van der Waals surface area contributed by atoms with Crippen LogP contribution in [0, 0.1) is 22.7 Å². The first-order chi connectivity index (χ1) is 62.4. The standard InChI is InChI=1S/C67H68N2O14S4.C20H19NOS4.C12H11NOS2/c1-40-50(80-62(75)56(71)55(46-18-10-7-11-19-46)69-60(73)47-20-12-8-13-21-47)35-67(77)59(82-61(74)48-22-14-9-15-23-48)57-65(6,58(72)41(2)54(40)64(67,4)5)51(34-52-66(57,39-79-52)83-42(3)70)81-63(76)78-36-43-29-31-49(32-30-43)86-84-37-44-25-27-45(28-26-44)38-85-87-53-24-16-17-33-68-53;22-13-16-8-10-19(11-9-16)25-23-14-17-4-6-18(7-5-17)15-24-26-20-3-1-2-12-21-20;14-9-10-4-6-11(7-5-10)15-16-12-3-1-2-8-13-12/h7-33,41,50-52,55-57,59,71,77H,34-39H2,1-6H3,(H,69,73);1-12,22H,13-15H2;1-8,14H,9H2/t41-,50+,51+,52?,55+,56-,57+,59+,65-,66+,67-;;/m1../s1. The molecular weight excluding hydrogens is 1820 g/mol. The van der Waals surface area contributed by atoms with Crippen LogP contribution in [0.3, 0.4) is 0 Å². The van der Waals surface area contributed by atoms with Gasteiger partial charge in [0.05, 0.1) is 42.8 Å². The molecule has 2 bridgehead atoms. The Kier molecular flexibility index (Phi) is 35.5. The number of Topliss-reactive ketones (excluding diaryl/α,β-unsaturated/α-hetero) is 1. The van der Waals surface area contributed by atoms with Crippen molar-refractivity contribution < 1.29 is 77.6 Å². The molecule has 4 aliphatic rings. The zero-order valence-electron chi connectivity index (χ0n) is 71.4. The van der Waals surface area contributed by atoms with Crippen molar-refractivity contribution in [1.82, 2.24) is 20.3 Å². The number of ether oxygens (including phenoxy) is 6. The van der Waals surface area contributed by atoms with E-state index in [4.69, 9.17) is 38.6 Å². The summed E-state index contributed by atoms with van der Waals surface area (Å²) in [4.78, 5) is 103. The van der Waals surface area contributed by atoms with Crippen molar-refractivity contribution in [3.63, 3.8) is 0 Å². The van der Waals surface area contributed by atoms with Crippen molar-refractivity contribution in [2.75, 3.05) is 6.61 Å². The van der Waals surface area contributed by atoms with Crippen LogP contribution in [0.1, 0.15) is 126 Å². The van der Waals surface area contributed by atoms with Crippen LogP contribution in [0.2, 0.25) is 0 Å². The maximum atomic E-state index is 16.2. The molecule has 2 saturated carbocycles. The highest BCUT2D eigenvalue weighted by Crippen LogP contribution is 2.66. The van der Waals surface area contributed by atoms with Crippen LogP contribution in [0.25, 0.3) is 0 Å². The Bertz CT molecular complexity index is 5550. The SMILES string of the molecule is CC(=O)O[C@@]12COC1C[C@H](OC(=O)OCc1ccc(SSCc3ccc(CSSc4ccccn4)cc3)cc1)[C@@]1(C)C(=O)[C@H](C)C3=C(C)[C@@H](OC(=O)[C@H](O)[C@@H](NC(=O)c4ccccc4)c4ccccc4)C[C@@](O)([C@@H](OC(=O)c4ccccc4)[C@@H]12)C3(C)C.OCc1ccc(SSCc2ccc(CSSc3ccccn3)cc2)cc1.OCc1ccc(SSc2ccccn2)cc1.